The molecular weight excluding hydrogens is 358 g/mol. The summed E-state index contributed by atoms with van der Waals surface area (Å²) in [7, 11) is 0.780. The Kier molecular flexibility index (Phi) is 15.5. The lowest BCUT2D eigenvalue weighted by Gasteiger charge is -2.24. The van der Waals surface area contributed by atoms with Gasteiger partial charge in [-0.15, -0.1) is 0 Å². The van der Waals surface area contributed by atoms with Crippen LogP contribution in [0.2, 0.25) is 0 Å². The summed E-state index contributed by atoms with van der Waals surface area (Å²) in [5.74, 6) is 0. The van der Waals surface area contributed by atoms with Crippen molar-refractivity contribution in [2.24, 2.45) is 0 Å². The van der Waals surface area contributed by atoms with Crippen molar-refractivity contribution in [1.82, 2.24) is 4.90 Å². The molecular formula is C22H41NO3S. The number of unbranched alkanes of at least 4 members (excludes halogenated alkanes) is 8. The molecule has 0 bridgehead atoms. The smallest absolute Gasteiger partial charge is 0.261 e. The first kappa shape index (κ1) is 26.1. The zero-order valence-corrected chi connectivity index (χ0v) is 18.7. The Balaban J connectivity index is 0.00000119. The molecule has 1 unspecified atom stereocenters. The van der Waals surface area contributed by atoms with Crippen LogP contribution in [0.1, 0.15) is 76.7 Å². The molecule has 1 N–H and O–H groups in total. The van der Waals surface area contributed by atoms with E-state index in [4.69, 9.17) is 4.55 Å². The Morgan fingerprint density at radius 2 is 1.33 bits per heavy atom. The van der Waals surface area contributed by atoms with Gasteiger partial charge in [0.2, 0.25) is 0 Å². The van der Waals surface area contributed by atoms with Crippen molar-refractivity contribution < 1.29 is 13.0 Å². The Morgan fingerprint density at radius 1 is 0.889 bits per heavy atom. The van der Waals surface area contributed by atoms with E-state index in [0.29, 0.717) is 12.3 Å². The van der Waals surface area contributed by atoms with Crippen LogP contribution in [0.5, 0.6) is 0 Å². The minimum absolute atomic E-state index is 0.687. The highest BCUT2D eigenvalue weighted by Gasteiger charge is 2.11. The molecule has 1 rings (SSSR count). The van der Waals surface area contributed by atoms with Gasteiger partial charge in [0.1, 0.15) is 0 Å². The van der Waals surface area contributed by atoms with E-state index in [0.717, 1.165) is 0 Å². The molecule has 0 fully saturated rings. The minimum Gasteiger partial charge on any atom is -0.306 e. The summed E-state index contributed by atoms with van der Waals surface area (Å²) in [5.41, 5.74) is 1.47. The molecule has 0 heterocycles. The van der Waals surface area contributed by atoms with Crippen LogP contribution in [0.3, 0.4) is 0 Å². The third-order valence-corrected chi connectivity index (χ3v) is 4.69. The predicted molar refractivity (Wildman–Crippen MR) is 117 cm³/mol. The van der Waals surface area contributed by atoms with Gasteiger partial charge in [-0.2, -0.15) is 8.42 Å². The molecule has 0 radical (unpaired) electrons. The molecule has 27 heavy (non-hydrogen) atoms. The Bertz CT molecular complexity index is 536. The van der Waals surface area contributed by atoms with E-state index in [2.05, 4.69) is 56.3 Å². The summed E-state index contributed by atoms with van der Waals surface area (Å²) in [6, 6.07) is 11.6. The fourth-order valence-electron chi connectivity index (χ4n) is 3.12. The van der Waals surface area contributed by atoms with Crippen molar-refractivity contribution in [1.29, 1.82) is 0 Å². The van der Waals surface area contributed by atoms with Gasteiger partial charge in [-0.1, -0.05) is 95.0 Å². The maximum absolute atomic E-state index is 9.19. The second kappa shape index (κ2) is 16.1. The SMILES string of the molecule is CCCCCCCCCCCC(Cc1ccccc1)N(C)C.CS(=O)(=O)O. The molecule has 158 valence electrons. The normalized spacial score (nSPS) is 12.5. The average molecular weight is 400 g/mol. The van der Waals surface area contributed by atoms with Crippen LogP contribution in [0.4, 0.5) is 0 Å². The van der Waals surface area contributed by atoms with Crippen molar-refractivity contribution in [2.75, 3.05) is 20.4 Å². The van der Waals surface area contributed by atoms with Crippen LogP contribution in [0.15, 0.2) is 30.3 Å². The average Bonchev–Trinajstić information content (AvgIpc) is 2.58. The van der Waals surface area contributed by atoms with Crippen molar-refractivity contribution >= 4 is 10.1 Å². The maximum Gasteiger partial charge on any atom is 0.261 e. The quantitative estimate of drug-likeness (QED) is 0.347. The van der Waals surface area contributed by atoms with E-state index < -0.39 is 10.1 Å². The molecule has 1 atom stereocenters. The van der Waals surface area contributed by atoms with Crippen LogP contribution >= 0.6 is 0 Å². The lowest BCUT2D eigenvalue weighted by molar-refractivity contribution is 0.269. The van der Waals surface area contributed by atoms with Gasteiger partial charge >= 0.3 is 0 Å². The second-order valence-electron chi connectivity index (χ2n) is 7.66. The number of likely N-dealkylation sites (N-methyl/N-ethyl adjacent to an activating group) is 1. The highest BCUT2D eigenvalue weighted by molar-refractivity contribution is 7.85. The highest BCUT2D eigenvalue weighted by atomic mass is 32.2. The van der Waals surface area contributed by atoms with Crippen LogP contribution in [0, 0.1) is 0 Å². The predicted octanol–water partition coefficient (Wildman–Crippen LogP) is 5.58. The summed E-state index contributed by atoms with van der Waals surface area (Å²) in [5, 5.41) is 0. The summed E-state index contributed by atoms with van der Waals surface area (Å²) in [4.78, 5) is 2.40. The molecule has 0 amide bonds. The van der Waals surface area contributed by atoms with Gasteiger partial charge in [0.15, 0.2) is 0 Å². The fraction of sp³-hybridized carbons (Fsp3) is 0.727. The van der Waals surface area contributed by atoms with Crippen molar-refractivity contribution in [3.05, 3.63) is 35.9 Å². The fourth-order valence-corrected chi connectivity index (χ4v) is 3.12. The molecule has 0 aromatic heterocycles. The lowest BCUT2D eigenvalue weighted by Crippen LogP contribution is -2.30. The van der Waals surface area contributed by atoms with Gasteiger partial charge in [-0.3, -0.25) is 4.55 Å². The molecule has 0 saturated carbocycles. The third kappa shape index (κ3) is 19.7. The first-order valence-electron chi connectivity index (χ1n) is 10.4. The monoisotopic (exact) mass is 399 g/mol. The molecule has 4 nitrogen and oxygen atoms in total. The van der Waals surface area contributed by atoms with E-state index in [-0.39, 0.29) is 0 Å². The largest absolute Gasteiger partial charge is 0.306 e. The van der Waals surface area contributed by atoms with Gasteiger partial charge in [-0.05, 0) is 32.5 Å². The third-order valence-electron chi connectivity index (χ3n) is 4.69. The molecule has 1 aromatic carbocycles. The molecule has 1 aromatic rings. The van der Waals surface area contributed by atoms with Crippen LogP contribution in [-0.2, 0) is 16.5 Å². The van der Waals surface area contributed by atoms with E-state index in [1.165, 1.54) is 76.2 Å². The highest BCUT2D eigenvalue weighted by Crippen LogP contribution is 2.15. The topological polar surface area (TPSA) is 57.6 Å². The molecule has 0 aliphatic heterocycles. The van der Waals surface area contributed by atoms with Gasteiger partial charge in [-0.25, -0.2) is 0 Å². The summed E-state index contributed by atoms with van der Waals surface area (Å²) >= 11 is 0. The standard InChI is InChI=1S/C21H37N.CH4O3S/c1-4-5-6-7-8-9-10-11-15-18-21(22(2)3)19-20-16-13-12-14-17-20;1-5(2,3)4/h12-14,16-17,21H,4-11,15,18-19H2,1-3H3;1H3,(H,2,3,4). The second-order valence-corrected chi connectivity index (χ2v) is 9.12. The number of hydrogen-bond donors (Lipinski definition) is 1. The van der Waals surface area contributed by atoms with Gasteiger partial charge in [0.25, 0.3) is 10.1 Å². The van der Waals surface area contributed by atoms with E-state index in [9.17, 15) is 8.42 Å². The van der Waals surface area contributed by atoms with Crippen molar-refractivity contribution in [3.63, 3.8) is 0 Å². The Morgan fingerprint density at radius 3 is 1.78 bits per heavy atom. The summed E-state index contributed by atoms with van der Waals surface area (Å²) in [6.45, 7) is 2.29. The minimum atomic E-state index is -3.67. The summed E-state index contributed by atoms with van der Waals surface area (Å²) < 4.78 is 25.9. The number of nitrogens with zero attached hydrogens (tertiary/aromatic N) is 1. The van der Waals surface area contributed by atoms with Crippen LogP contribution in [0.25, 0.3) is 0 Å². The zero-order chi connectivity index (χ0) is 20.5. The molecule has 0 spiro atoms. The van der Waals surface area contributed by atoms with Gasteiger partial charge in [0.05, 0.1) is 6.26 Å². The van der Waals surface area contributed by atoms with E-state index >= 15 is 0 Å². The number of benzene rings is 1. The molecule has 0 aliphatic carbocycles. The van der Waals surface area contributed by atoms with Crippen molar-refractivity contribution in [2.45, 2.75) is 83.6 Å². The van der Waals surface area contributed by atoms with Crippen LogP contribution in [-0.4, -0.2) is 44.3 Å². The van der Waals surface area contributed by atoms with Crippen LogP contribution < -0.4 is 0 Å². The Labute approximate surface area is 168 Å². The summed E-state index contributed by atoms with van der Waals surface area (Å²) in [6.07, 6.45) is 16.0. The van der Waals surface area contributed by atoms with E-state index in [1.807, 2.05) is 0 Å². The number of rotatable bonds is 13. The first-order chi connectivity index (χ1) is 12.7. The number of hydrogen-bond acceptors (Lipinski definition) is 3. The van der Waals surface area contributed by atoms with Gasteiger partial charge in [0, 0.05) is 6.04 Å². The molecule has 0 saturated heterocycles. The zero-order valence-electron chi connectivity index (χ0n) is 17.9. The molecule has 5 heteroatoms. The first-order valence-corrected chi connectivity index (χ1v) is 12.2. The van der Waals surface area contributed by atoms with Gasteiger partial charge < -0.3 is 4.90 Å². The van der Waals surface area contributed by atoms with E-state index in [1.54, 1.807) is 0 Å². The maximum atomic E-state index is 9.19. The van der Waals surface area contributed by atoms with Crippen molar-refractivity contribution in [3.8, 4) is 0 Å². The lowest BCUT2D eigenvalue weighted by atomic mass is 9.98. The molecule has 0 aliphatic rings. The Hall–Kier alpha value is -0.910.